The number of nitro groups is 1. The van der Waals surface area contributed by atoms with Gasteiger partial charge in [-0.25, -0.2) is 9.88 Å². The highest BCUT2D eigenvalue weighted by atomic mass is 16.6. The van der Waals surface area contributed by atoms with E-state index < -0.39 is 40.2 Å². The van der Waals surface area contributed by atoms with Gasteiger partial charge >= 0.3 is 0 Å². The van der Waals surface area contributed by atoms with Crippen LogP contribution in [0, 0.1) is 34.8 Å². The molecule has 40 heavy (non-hydrogen) atoms. The van der Waals surface area contributed by atoms with Crippen molar-refractivity contribution in [1.82, 2.24) is 14.9 Å². The van der Waals surface area contributed by atoms with Crippen molar-refractivity contribution in [2.24, 2.45) is 17.8 Å². The van der Waals surface area contributed by atoms with E-state index in [1.807, 2.05) is 38.1 Å². The third-order valence-corrected chi connectivity index (χ3v) is 8.66. The van der Waals surface area contributed by atoms with Crippen molar-refractivity contribution in [3.8, 4) is 5.69 Å². The Morgan fingerprint density at radius 1 is 0.975 bits per heavy atom. The fourth-order valence-electron chi connectivity index (χ4n) is 6.91. The standard InChI is InChI=1S/C30H25N5O5/c1-15(2)25-23-24(28(38)33(27(23)37)22-14-17(35(39)40)13-12-16(22)3)30(32-25)19-9-5-7-11-21(19)34-26(36)18-8-4-6-10-20(18)31-29(30)34/h4-15,23-25,32H,1-3H3/t23-,24-,25-,30-/m1/s1. The van der Waals surface area contributed by atoms with Crippen molar-refractivity contribution < 1.29 is 14.5 Å². The van der Waals surface area contributed by atoms with Crippen LogP contribution < -0.4 is 15.8 Å². The smallest absolute Gasteiger partial charge is 0.271 e. The number of anilines is 1. The molecule has 0 bridgehead atoms. The molecular formula is C30H25N5O5. The van der Waals surface area contributed by atoms with Gasteiger partial charge in [0.25, 0.3) is 11.2 Å². The Morgan fingerprint density at radius 2 is 1.70 bits per heavy atom. The fourth-order valence-corrected chi connectivity index (χ4v) is 6.91. The summed E-state index contributed by atoms with van der Waals surface area (Å²) >= 11 is 0. The minimum atomic E-state index is -1.25. The third-order valence-electron chi connectivity index (χ3n) is 8.66. The van der Waals surface area contributed by atoms with Crippen LogP contribution in [0.4, 0.5) is 11.4 Å². The zero-order valence-corrected chi connectivity index (χ0v) is 22.0. The van der Waals surface area contributed by atoms with E-state index in [2.05, 4.69) is 5.32 Å². The maximum absolute atomic E-state index is 14.5. The topological polar surface area (TPSA) is 127 Å². The zero-order chi connectivity index (χ0) is 28.1. The fraction of sp³-hybridized carbons (Fsp3) is 0.267. The monoisotopic (exact) mass is 535 g/mol. The molecule has 7 rings (SSSR count). The number of hydrogen-bond acceptors (Lipinski definition) is 7. The molecule has 0 unspecified atom stereocenters. The molecule has 10 heteroatoms. The number of nitrogens with zero attached hydrogens (tertiary/aromatic N) is 4. The normalized spacial score (nSPS) is 24.7. The first kappa shape index (κ1) is 24.3. The van der Waals surface area contributed by atoms with Gasteiger partial charge in [-0.2, -0.15) is 0 Å². The second kappa shape index (κ2) is 8.15. The number of amides is 2. The number of carbonyl (C=O) groups is 2. The average molecular weight is 536 g/mol. The second-order valence-electron chi connectivity index (χ2n) is 11.1. The summed E-state index contributed by atoms with van der Waals surface area (Å²) in [6.07, 6.45) is 0. The van der Waals surface area contributed by atoms with Crippen LogP contribution in [0.15, 0.2) is 71.5 Å². The predicted molar refractivity (Wildman–Crippen MR) is 147 cm³/mol. The molecule has 4 atom stereocenters. The molecule has 1 aromatic heterocycles. The lowest BCUT2D eigenvalue weighted by molar-refractivity contribution is -0.384. The molecule has 1 spiro atoms. The van der Waals surface area contributed by atoms with Gasteiger partial charge in [-0.05, 0) is 36.6 Å². The van der Waals surface area contributed by atoms with E-state index in [-0.39, 0.29) is 22.9 Å². The largest absolute Gasteiger partial charge is 0.296 e. The summed E-state index contributed by atoms with van der Waals surface area (Å²) in [6, 6.07) is 18.2. The number of imide groups is 1. The van der Waals surface area contributed by atoms with E-state index >= 15 is 0 Å². The van der Waals surface area contributed by atoms with E-state index in [0.29, 0.717) is 33.5 Å². The molecule has 3 aliphatic heterocycles. The van der Waals surface area contributed by atoms with Crippen molar-refractivity contribution in [3.63, 3.8) is 0 Å². The summed E-state index contributed by atoms with van der Waals surface area (Å²) in [5.41, 5.74) is 0.876. The molecule has 0 aliphatic carbocycles. The molecule has 4 heterocycles. The summed E-state index contributed by atoms with van der Waals surface area (Å²) < 4.78 is 1.56. The molecule has 3 aromatic carbocycles. The highest BCUT2D eigenvalue weighted by molar-refractivity contribution is 6.23. The van der Waals surface area contributed by atoms with Gasteiger partial charge < -0.3 is 0 Å². The molecule has 4 aromatic rings. The van der Waals surface area contributed by atoms with Crippen LogP contribution in [0.2, 0.25) is 0 Å². The molecule has 200 valence electrons. The van der Waals surface area contributed by atoms with Gasteiger partial charge in [0.2, 0.25) is 11.8 Å². The van der Waals surface area contributed by atoms with Crippen LogP contribution in [0.3, 0.4) is 0 Å². The Balaban J connectivity index is 1.52. The van der Waals surface area contributed by atoms with Crippen LogP contribution >= 0.6 is 0 Å². The van der Waals surface area contributed by atoms with Crippen molar-refractivity contribution >= 4 is 34.1 Å². The van der Waals surface area contributed by atoms with Crippen molar-refractivity contribution in [2.45, 2.75) is 32.4 Å². The summed E-state index contributed by atoms with van der Waals surface area (Å²) in [5.74, 6) is -2.26. The first-order valence-corrected chi connectivity index (χ1v) is 13.2. The first-order chi connectivity index (χ1) is 19.2. The van der Waals surface area contributed by atoms with Gasteiger partial charge in [-0.1, -0.05) is 50.2 Å². The quantitative estimate of drug-likeness (QED) is 0.241. The minimum absolute atomic E-state index is 0.0526. The minimum Gasteiger partial charge on any atom is -0.296 e. The molecular weight excluding hydrogens is 510 g/mol. The molecule has 0 radical (unpaired) electrons. The highest BCUT2D eigenvalue weighted by Gasteiger charge is 2.70. The molecule has 2 fully saturated rings. The van der Waals surface area contributed by atoms with E-state index in [1.54, 1.807) is 41.8 Å². The molecule has 3 aliphatic rings. The van der Waals surface area contributed by atoms with Gasteiger partial charge in [-0.3, -0.25) is 34.4 Å². The number of rotatable bonds is 3. The molecule has 2 saturated heterocycles. The van der Waals surface area contributed by atoms with Crippen LogP contribution in [0.1, 0.15) is 30.8 Å². The van der Waals surface area contributed by atoms with E-state index in [4.69, 9.17) is 4.98 Å². The Kier molecular flexibility index (Phi) is 4.96. The Labute approximate surface area is 228 Å². The van der Waals surface area contributed by atoms with Gasteiger partial charge in [0.15, 0.2) is 0 Å². The van der Waals surface area contributed by atoms with Crippen molar-refractivity contribution in [1.29, 1.82) is 0 Å². The summed E-state index contributed by atoms with van der Waals surface area (Å²) in [4.78, 5) is 59.7. The molecule has 10 nitrogen and oxygen atoms in total. The average Bonchev–Trinajstić information content (AvgIpc) is 3.53. The molecule has 2 amide bonds. The van der Waals surface area contributed by atoms with Crippen LogP contribution in [-0.2, 0) is 15.1 Å². The summed E-state index contributed by atoms with van der Waals surface area (Å²) in [5, 5.41) is 15.7. The van der Waals surface area contributed by atoms with Crippen LogP contribution in [0.5, 0.6) is 0 Å². The lowest BCUT2D eigenvalue weighted by Gasteiger charge is -2.32. The van der Waals surface area contributed by atoms with Crippen LogP contribution in [-0.4, -0.2) is 32.3 Å². The third kappa shape index (κ3) is 2.91. The molecule has 0 saturated carbocycles. The Bertz CT molecular complexity index is 1860. The lowest BCUT2D eigenvalue weighted by atomic mass is 9.75. The number of para-hydroxylation sites is 2. The second-order valence-corrected chi connectivity index (χ2v) is 11.1. The first-order valence-electron chi connectivity index (χ1n) is 13.2. The van der Waals surface area contributed by atoms with Gasteiger partial charge in [0, 0.05) is 23.7 Å². The predicted octanol–water partition coefficient (Wildman–Crippen LogP) is 3.59. The van der Waals surface area contributed by atoms with E-state index in [9.17, 15) is 24.5 Å². The number of hydrogen-bond donors (Lipinski definition) is 1. The summed E-state index contributed by atoms with van der Waals surface area (Å²) in [7, 11) is 0. The maximum atomic E-state index is 14.5. The van der Waals surface area contributed by atoms with Crippen molar-refractivity contribution in [3.05, 3.63) is 104 Å². The van der Waals surface area contributed by atoms with Crippen LogP contribution in [0.25, 0.3) is 16.6 Å². The number of nitrogens with one attached hydrogen (secondary N) is 1. The number of carbonyl (C=O) groups excluding carboxylic acids is 2. The zero-order valence-electron chi connectivity index (χ0n) is 22.0. The number of aromatic nitrogens is 2. The number of aryl methyl sites for hydroxylation is 1. The van der Waals surface area contributed by atoms with E-state index in [0.717, 1.165) is 4.90 Å². The van der Waals surface area contributed by atoms with Gasteiger partial charge in [0.05, 0.1) is 39.0 Å². The number of fused-ring (bicyclic) bond motifs is 8. The maximum Gasteiger partial charge on any atom is 0.271 e. The number of benzene rings is 3. The highest BCUT2D eigenvalue weighted by Crippen LogP contribution is 2.56. The molecule has 1 N–H and O–H groups in total. The van der Waals surface area contributed by atoms with E-state index in [1.165, 1.54) is 12.1 Å². The Hall–Kier alpha value is -4.70. The number of nitro benzene ring substituents is 1. The van der Waals surface area contributed by atoms with Crippen molar-refractivity contribution in [2.75, 3.05) is 4.90 Å². The number of non-ortho nitro benzene ring substituents is 1. The summed E-state index contributed by atoms with van der Waals surface area (Å²) in [6.45, 7) is 5.68. The Morgan fingerprint density at radius 3 is 2.45 bits per heavy atom. The van der Waals surface area contributed by atoms with Gasteiger partial charge in [-0.15, -0.1) is 0 Å². The van der Waals surface area contributed by atoms with Gasteiger partial charge in [0.1, 0.15) is 11.4 Å². The SMILES string of the molecule is Cc1ccc([N+](=O)[O-])cc1N1C(=O)[C@H]2[C@@H](C(C)C)N[C@]3(c4ccccc4-n4c3nc3ccccc3c4=O)[C@H]2C1=O. The lowest BCUT2D eigenvalue weighted by Crippen LogP contribution is -2.51.